The molecular formula is C15H14Cl2N2O2. The number of carbonyl (C=O) groups excluding carboxylic acids is 1. The maximum Gasteiger partial charge on any atom is 0.254 e. The molecule has 0 bridgehead atoms. The number of benzene rings is 2. The van der Waals surface area contributed by atoms with E-state index in [9.17, 15) is 9.90 Å². The highest BCUT2D eigenvalue weighted by atomic mass is 35.5. The fourth-order valence-electron chi connectivity index (χ4n) is 1.93. The maximum absolute atomic E-state index is 12.4. The van der Waals surface area contributed by atoms with Crippen molar-refractivity contribution in [3.8, 4) is 5.75 Å². The zero-order chi connectivity index (χ0) is 15.6. The molecule has 0 aliphatic carbocycles. The fourth-order valence-corrected chi connectivity index (χ4v) is 2.42. The van der Waals surface area contributed by atoms with Crippen LogP contribution in [0, 0.1) is 0 Å². The number of aromatic hydroxyl groups is 1. The van der Waals surface area contributed by atoms with Crippen molar-refractivity contribution in [2.45, 2.75) is 6.54 Å². The molecule has 21 heavy (non-hydrogen) atoms. The Bertz CT molecular complexity index is 666. The Balaban J connectivity index is 2.20. The van der Waals surface area contributed by atoms with Gasteiger partial charge in [-0.25, -0.2) is 0 Å². The summed E-state index contributed by atoms with van der Waals surface area (Å²) in [5.41, 5.74) is 7.09. The Morgan fingerprint density at radius 1 is 1.24 bits per heavy atom. The average Bonchev–Trinajstić information content (AvgIpc) is 2.43. The van der Waals surface area contributed by atoms with Crippen molar-refractivity contribution in [2.24, 2.45) is 0 Å². The molecule has 1 amide bonds. The third kappa shape index (κ3) is 3.60. The van der Waals surface area contributed by atoms with E-state index in [0.29, 0.717) is 12.1 Å². The number of amides is 1. The van der Waals surface area contributed by atoms with E-state index in [-0.39, 0.29) is 27.4 Å². The molecule has 2 aromatic carbocycles. The largest absolute Gasteiger partial charge is 0.508 e. The van der Waals surface area contributed by atoms with Crippen LogP contribution in [-0.4, -0.2) is 23.0 Å². The Morgan fingerprint density at radius 2 is 1.86 bits per heavy atom. The molecule has 110 valence electrons. The number of phenolic OH excluding ortho intramolecular Hbond substituents is 1. The summed E-state index contributed by atoms with van der Waals surface area (Å²) in [7, 11) is 1.66. The monoisotopic (exact) mass is 324 g/mol. The lowest BCUT2D eigenvalue weighted by molar-refractivity contribution is 0.0785. The van der Waals surface area contributed by atoms with Crippen molar-refractivity contribution < 1.29 is 9.90 Å². The number of halogens is 2. The smallest absolute Gasteiger partial charge is 0.254 e. The van der Waals surface area contributed by atoms with Gasteiger partial charge >= 0.3 is 0 Å². The molecule has 3 N–H and O–H groups in total. The number of hydrogen-bond acceptors (Lipinski definition) is 3. The minimum absolute atomic E-state index is 0.159. The predicted molar refractivity (Wildman–Crippen MR) is 84.8 cm³/mol. The lowest BCUT2D eigenvalue weighted by Gasteiger charge is -2.18. The van der Waals surface area contributed by atoms with Gasteiger partial charge in [-0.15, -0.1) is 0 Å². The van der Waals surface area contributed by atoms with Crippen LogP contribution in [0.2, 0.25) is 10.0 Å². The molecule has 2 aromatic rings. The molecule has 6 heteroatoms. The normalized spacial score (nSPS) is 10.4. The summed E-state index contributed by atoms with van der Waals surface area (Å²) in [5, 5.41) is 9.93. The van der Waals surface area contributed by atoms with Gasteiger partial charge in [0.25, 0.3) is 5.91 Å². The van der Waals surface area contributed by atoms with Crippen LogP contribution >= 0.6 is 23.2 Å². The van der Waals surface area contributed by atoms with E-state index in [2.05, 4.69) is 0 Å². The van der Waals surface area contributed by atoms with Gasteiger partial charge in [-0.2, -0.15) is 0 Å². The number of hydrogen-bond donors (Lipinski definition) is 2. The SMILES string of the molecule is CN(Cc1cccc(O)c1)C(=O)c1cc(Cl)c(N)c(Cl)c1. The standard InChI is InChI=1S/C15H14Cl2N2O2/c1-19(8-9-3-2-4-11(20)5-9)15(21)10-6-12(16)14(18)13(17)7-10/h2-7,20H,8,18H2,1H3. The van der Waals surface area contributed by atoms with E-state index in [0.717, 1.165) is 5.56 Å². The molecule has 0 aliphatic rings. The van der Waals surface area contributed by atoms with E-state index in [1.807, 2.05) is 6.07 Å². The number of carbonyl (C=O) groups is 1. The first kappa shape index (κ1) is 15.5. The van der Waals surface area contributed by atoms with Gasteiger partial charge in [0, 0.05) is 19.2 Å². The second-order valence-electron chi connectivity index (χ2n) is 4.68. The van der Waals surface area contributed by atoms with Gasteiger partial charge in [0.05, 0.1) is 15.7 Å². The highest BCUT2D eigenvalue weighted by Gasteiger charge is 2.15. The summed E-state index contributed by atoms with van der Waals surface area (Å²) in [4.78, 5) is 13.9. The van der Waals surface area contributed by atoms with Crippen molar-refractivity contribution >= 4 is 34.8 Å². The molecular weight excluding hydrogens is 311 g/mol. The number of anilines is 1. The molecule has 0 atom stereocenters. The van der Waals surface area contributed by atoms with Crippen molar-refractivity contribution in [1.29, 1.82) is 0 Å². The van der Waals surface area contributed by atoms with Crippen molar-refractivity contribution in [1.82, 2.24) is 4.90 Å². The molecule has 0 aliphatic heterocycles. The van der Waals surface area contributed by atoms with Gasteiger partial charge in [0.2, 0.25) is 0 Å². The van der Waals surface area contributed by atoms with Crippen molar-refractivity contribution in [3.63, 3.8) is 0 Å². The van der Waals surface area contributed by atoms with Crippen LogP contribution in [0.5, 0.6) is 5.75 Å². The van der Waals surface area contributed by atoms with Gasteiger partial charge in [-0.3, -0.25) is 4.79 Å². The second kappa shape index (κ2) is 6.24. The van der Waals surface area contributed by atoms with E-state index in [1.165, 1.54) is 17.0 Å². The molecule has 2 rings (SSSR count). The van der Waals surface area contributed by atoms with Crippen LogP contribution in [-0.2, 0) is 6.54 Å². The molecule has 0 radical (unpaired) electrons. The molecule has 0 saturated carbocycles. The van der Waals surface area contributed by atoms with Crippen LogP contribution in [0.25, 0.3) is 0 Å². The highest BCUT2D eigenvalue weighted by Crippen LogP contribution is 2.29. The molecule has 0 fully saturated rings. The van der Waals surface area contributed by atoms with Crippen molar-refractivity contribution in [3.05, 3.63) is 57.6 Å². The fraction of sp³-hybridized carbons (Fsp3) is 0.133. The highest BCUT2D eigenvalue weighted by molar-refractivity contribution is 6.39. The molecule has 4 nitrogen and oxygen atoms in total. The summed E-state index contributed by atoms with van der Waals surface area (Å²) in [6.45, 7) is 0.354. The number of nitrogens with two attached hydrogens (primary N) is 1. The molecule has 0 aromatic heterocycles. The maximum atomic E-state index is 12.4. The lowest BCUT2D eigenvalue weighted by Crippen LogP contribution is -2.26. The van der Waals surface area contributed by atoms with Crippen LogP contribution < -0.4 is 5.73 Å². The van der Waals surface area contributed by atoms with Crippen LogP contribution in [0.1, 0.15) is 15.9 Å². The van der Waals surface area contributed by atoms with Crippen molar-refractivity contribution in [2.75, 3.05) is 12.8 Å². The summed E-state index contributed by atoms with van der Waals surface area (Å²) in [6.07, 6.45) is 0. The first-order chi connectivity index (χ1) is 9.88. The summed E-state index contributed by atoms with van der Waals surface area (Å²) >= 11 is 11.9. The van der Waals surface area contributed by atoms with Gasteiger partial charge in [-0.05, 0) is 29.8 Å². The summed E-state index contributed by atoms with van der Waals surface area (Å²) in [6, 6.07) is 9.71. The Labute approximate surface area is 132 Å². The van der Waals surface area contributed by atoms with E-state index >= 15 is 0 Å². The summed E-state index contributed by atoms with van der Waals surface area (Å²) < 4.78 is 0. The average molecular weight is 325 g/mol. The first-order valence-electron chi connectivity index (χ1n) is 6.16. The van der Waals surface area contributed by atoms with E-state index in [1.54, 1.807) is 25.2 Å². The minimum atomic E-state index is -0.234. The molecule has 0 unspecified atom stereocenters. The number of phenols is 1. The zero-order valence-electron chi connectivity index (χ0n) is 11.3. The Kier molecular flexibility index (Phi) is 4.60. The van der Waals surface area contributed by atoms with Crippen LogP contribution in [0.4, 0.5) is 5.69 Å². The Morgan fingerprint density at radius 3 is 2.43 bits per heavy atom. The van der Waals surface area contributed by atoms with Crippen LogP contribution in [0.3, 0.4) is 0 Å². The van der Waals surface area contributed by atoms with Gasteiger partial charge in [0.1, 0.15) is 5.75 Å². The third-order valence-electron chi connectivity index (χ3n) is 3.00. The summed E-state index contributed by atoms with van der Waals surface area (Å²) in [5.74, 6) is -0.0749. The molecule has 0 saturated heterocycles. The molecule has 0 heterocycles. The number of rotatable bonds is 3. The second-order valence-corrected chi connectivity index (χ2v) is 5.50. The van der Waals surface area contributed by atoms with Gasteiger partial charge < -0.3 is 15.7 Å². The lowest BCUT2D eigenvalue weighted by atomic mass is 10.1. The number of nitrogens with zero attached hydrogens (tertiary/aromatic N) is 1. The minimum Gasteiger partial charge on any atom is -0.508 e. The Hall–Kier alpha value is -1.91. The predicted octanol–water partition coefficient (Wildman–Crippen LogP) is 3.55. The third-order valence-corrected chi connectivity index (χ3v) is 3.63. The van der Waals surface area contributed by atoms with E-state index < -0.39 is 0 Å². The quantitative estimate of drug-likeness (QED) is 0.848. The topological polar surface area (TPSA) is 66.6 Å². The first-order valence-corrected chi connectivity index (χ1v) is 6.92. The zero-order valence-corrected chi connectivity index (χ0v) is 12.8. The number of nitrogen functional groups attached to an aromatic ring is 1. The van der Waals surface area contributed by atoms with Crippen LogP contribution in [0.15, 0.2) is 36.4 Å². The molecule has 0 spiro atoms. The van der Waals surface area contributed by atoms with Gasteiger partial charge in [0.15, 0.2) is 0 Å². The van der Waals surface area contributed by atoms with Gasteiger partial charge in [-0.1, -0.05) is 35.3 Å². The van der Waals surface area contributed by atoms with E-state index in [4.69, 9.17) is 28.9 Å².